The van der Waals surface area contributed by atoms with Crippen molar-refractivity contribution in [2.45, 2.75) is 85.2 Å². The molecular weight excluding hydrogens is 530 g/mol. The quantitative estimate of drug-likeness (QED) is 0.144. The lowest BCUT2D eigenvalue weighted by Gasteiger charge is -2.24. The zero-order valence-corrected chi connectivity index (χ0v) is 25.0. The van der Waals surface area contributed by atoms with Gasteiger partial charge in [-0.05, 0) is 54.5 Å². The van der Waals surface area contributed by atoms with E-state index in [0.29, 0.717) is 38.8 Å². The second-order valence-electron chi connectivity index (χ2n) is 11.7. The van der Waals surface area contributed by atoms with Gasteiger partial charge in [-0.3, -0.25) is 0 Å². The molecule has 216 valence electrons. The molecule has 0 amide bonds. The Hall–Kier alpha value is -3.39. The van der Waals surface area contributed by atoms with Crippen LogP contribution in [0, 0.1) is 5.92 Å². The van der Waals surface area contributed by atoms with E-state index in [1.807, 2.05) is 20.8 Å². The molecule has 40 heavy (non-hydrogen) atoms. The Morgan fingerprint density at radius 1 is 1.07 bits per heavy atom. The lowest BCUT2D eigenvalue weighted by atomic mass is 9.84. The number of rotatable bonds is 12. The Balaban J connectivity index is 1.92. The maximum Gasteiger partial charge on any atom is 0.347 e. The van der Waals surface area contributed by atoms with Crippen LogP contribution in [0.4, 0.5) is 0 Å². The fourth-order valence-corrected chi connectivity index (χ4v) is 4.40. The molecule has 0 saturated carbocycles. The van der Waals surface area contributed by atoms with Crippen molar-refractivity contribution in [3.8, 4) is 11.4 Å². The van der Waals surface area contributed by atoms with Gasteiger partial charge in [0.25, 0.3) is 0 Å². The highest BCUT2D eigenvalue weighted by Gasteiger charge is 2.29. The molecule has 1 heterocycles. The molecule has 3 aromatic rings. The van der Waals surface area contributed by atoms with Crippen LogP contribution in [-0.2, 0) is 30.9 Å². The van der Waals surface area contributed by atoms with Crippen molar-refractivity contribution in [1.29, 1.82) is 0 Å². The predicted octanol–water partition coefficient (Wildman–Crippen LogP) is 6.87. The number of unbranched alkanes of at least 4 members (excludes halogenated alkanes) is 2. The number of esters is 2. The summed E-state index contributed by atoms with van der Waals surface area (Å²) >= 11 is 6.12. The fourth-order valence-electron chi connectivity index (χ4n) is 4.23. The summed E-state index contributed by atoms with van der Waals surface area (Å²) in [6.07, 6.45) is 2.73. The number of hydrogen-bond acceptors (Lipinski definition) is 7. The lowest BCUT2D eigenvalue weighted by molar-refractivity contribution is -0.165. The average molecular weight is 570 g/mol. The first-order chi connectivity index (χ1) is 18.8. The summed E-state index contributed by atoms with van der Waals surface area (Å²) in [4.78, 5) is 26.8. The Bertz CT molecular complexity index is 1370. The molecule has 1 unspecified atom stereocenters. The molecule has 1 aromatic heterocycles. The van der Waals surface area contributed by atoms with Crippen molar-refractivity contribution >= 4 is 34.6 Å². The molecule has 0 radical (unpaired) electrons. The molecule has 0 bridgehead atoms. The number of aromatic nitrogens is 3. The molecule has 0 fully saturated rings. The third-order valence-corrected chi connectivity index (χ3v) is 6.70. The smallest absolute Gasteiger partial charge is 0.347 e. The van der Waals surface area contributed by atoms with Gasteiger partial charge in [0.05, 0.1) is 6.61 Å². The number of carbonyl (C=O) groups excluding carboxylic acids is 2. The number of nitrogens with zero attached hydrogens (tertiary/aromatic N) is 3. The molecule has 1 N–H and O–H groups in total. The number of halogens is 1. The molecule has 0 spiro atoms. The SMILES string of the molecule is C=C(C)C(=O)OC(Cc1cc(-n2nc3ccc(Cl)cc3n2)c(O)c(C(C)(C)C)c1)C(=O)OCCCCCC(C)C. The number of benzene rings is 2. The second kappa shape index (κ2) is 13.3. The van der Waals surface area contributed by atoms with Gasteiger partial charge in [0.15, 0.2) is 0 Å². The van der Waals surface area contributed by atoms with Crippen LogP contribution < -0.4 is 0 Å². The lowest BCUT2D eigenvalue weighted by Crippen LogP contribution is -2.32. The van der Waals surface area contributed by atoms with E-state index in [1.165, 1.54) is 11.7 Å². The van der Waals surface area contributed by atoms with Crippen LogP contribution in [0.2, 0.25) is 5.02 Å². The molecule has 9 heteroatoms. The number of carbonyl (C=O) groups is 2. The number of phenolic OH excluding ortho intramolecular Hbond substituents is 1. The van der Waals surface area contributed by atoms with Gasteiger partial charge in [-0.15, -0.1) is 15.0 Å². The van der Waals surface area contributed by atoms with Crippen LogP contribution in [0.3, 0.4) is 0 Å². The van der Waals surface area contributed by atoms with E-state index in [2.05, 4.69) is 30.6 Å². The second-order valence-corrected chi connectivity index (χ2v) is 12.1. The average Bonchev–Trinajstić information content (AvgIpc) is 3.28. The van der Waals surface area contributed by atoms with Gasteiger partial charge in [0.2, 0.25) is 6.10 Å². The number of phenols is 1. The van der Waals surface area contributed by atoms with Crippen molar-refractivity contribution in [1.82, 2.24) is 15.0 Å². The van der Waals surface area contributed by atoms with E-state index >= 15 is 0 Å². The van der Waals surface area contributed by atoms with Gasteiger partial charge in [-0.1, -0.05) is 78.1 Å². The molecule has 0 saturated heterocycles. The molecule has 0 aliphatic carbocycles. The molecule has 0 aliphatic rings. The summed E-state index contributed by atoms with van der Waals surface area (Å²) in [5.41, 5.74) is 2.51. The zero-order valence-electron chi connectivity index (χ0n) is 24.3. The first kappa shape index (κ1) is 31.1. The zero-order chi connectivity index (χ0) is 29.6. The van der Waals surface area contributed by atoms with Crippen LogP contribution in [0.5, 0.6) is 5.75 Å². The number of ether oxygens (including phenoxy) is 2. The molecule has 8 nitrogen and oxygen atoms in total. The summed E-state index contributed by atoms with van der Waals surface area (Å²) < 4.78 is 11.0. The molecule has 1 atom stereocenters. The minimum absolute atomic E-state index is 0.0158. The topological polar surface area (TPSA) is 104 Å². The van der Waals surface area contributed by atoms with E-state index in [9.17, 15) is 14.7 Å². The van der Waals surface area contributed by atoms with Crippen LogP contribution >= 0.6 is 11.6 Å². The van der Waals surface area contributed by atoms with Gasteiger partial charge in [-0.2, -0.15) is 0 Å². The van der Waals surface area contributed by atoms with E-state index in [1.54, 1.807) is 30.3 Å². The maximum absolute atomic E-state index is 13.1. The standard InChI is InChI=1S/C31H40ClN3O5/c1-19(2)11-9-8-10-14-39-30(38)27(40-29(37)20(3)4)17-21-15-23(31(5,6)7)28(36)26(16-21)35-33-24-13-12-22(32)18-25(24)34-35/h12-13,15-16,18-19,27,36H,3,8-11,14,17H2,1-2,4-7H3. The Morgan fingerprint density at radius 3 is 2.42 bits per heavy atom. The molecule has 0 aliphatic heterocycles. The monoisotopic (exact) mass is 569 g/mol. The molecular formula is C31H40ClN3O5. The fraction of sp³-hybridized carbons (Fsp3) is 0.484. The summed E-state index contributed by atoms with van der Waals surface area (Å²) in [7, 11) is 0. The van der Waals surface area contributed by atoms with Gasteiger partial charge in [-0.25, -0.2) is 9.59 Å². The summed E-state index contributed by atoms with van der Waals surface area (Å²) in [5, 5.41) is 20.8. The molecule has 2 aromatic carbocycles. The van der Waals surface area contributed by atoms with Crippen LogP contribution in [0.25, 0.3) is 16.7 Å². The van der Waals surface area contributed by atoms with E-state index < -0.39 is 23.5 Å². The number of hydrogen-bond donors (Lipinski definition) is 1. The van der Waals surface area contributed by atoms with Crippen LogP contribution in [-0.4, -0.2) is 44.7 Å². The summed E-state index contributed by atoms with van der Waals surface area (Å²) in [6, 6.07) is 8.65. The van der Waals surface area contributed by atoms with Crippen LogP contribution in [0.1, 0.15) is 78.4 Å². The first-order valence-corrected chi connectivity index (χ1v) is 14.1. The largest absolute Gasteiger partial charge is 0.505 e. The van der Waals surface area contributed by atoms with E-state index in [4.69, 9.17) is 21.1 Å². The van der Waals surface area contributed by atoms with Crippen molar-refractivity contribution < 1.29 is 24.2 Å². The first-order valence-electron chi connectivity index (χ1n) is 13.7. The minimum atomic E-state index is -1.19. The Labute approximate surface area is 241 Å². The van der Waals surface area contributed by atoms with Crippen molar-refractivity contribution in [3.63, 3.8) is 0 Å². The third kappa shape index (κ3) is 8.31. The summed E-state index contributed by atoms with van der Waals surface area (Å²) in [6.45, 7) is 15.7. The van der Waals surface area contributed by atoms with E-state index in [-0.39, 0.29) is 24.4 Å². The number of aromatic hydroxyl groups is 1. The summed E-state index contributed by atoms with van der Waals surface area (Å²) in [5.74, 6) is -0.648. The highest BCUT2D eigenvalue weighted by Crippen LogP contribution is 2.37. The van der Waals surface area contributed by atoms with E-state index in [0.717, 1.165) is 25.7 Å². The van der Waals surface area contributed by atoms with Crippen LogP contribution in [0.15, 0.2) is 42.5 Å². The molecule has 3 rings (SSSR count). The predicted molar refractivity (Wildman–Crippen MR) is 157 cm³/mol. The van der Waals surface area contributed by atoms with Gasteiger partial charge < -0.3 is 14.6 Å². The normalized spacial score (nSPS) is 12.5. The van der Waals surface area contributed by atoms with Crippen molar-refractivity contribution in [3.05, 3.63) is 58.6 Å². The number of fused-ring (bicyclic) bond motifs is 1. The Kier molecular flexibility index (Phi) is 10.4. The van der Waals surface area contributed by atoms with Gasteiger partial charge in [0.1, 0.15) is 22.5 Å². The van der Waals surface area contributed by atoms with Gasteiger partial charge in [0, 0.05) is 22.6 Å². The highest BCUT2D eigenvalue weighted by atomic mass is 35.5. The third-order valence-electron chi connectivity index (χ3n) is 6.47. The highest BCUT2D eigenvalue weighted by molar-refractivity contribution is 6.31. The maximum atomic E-state index is 13.1. The van der Waals surface area contributed by atoms with Gasteiger partial charge >= 0.3 is 11.9 Å². The van der Waals surface area contributed by atoms with Crippen molar-refractivity contribution in [2.24, 2.45) is 5.92 Å². The van der Waals surface area contributed by atoms with Crippen molar-refractivity contribution in [2.75, 3.05) is 6.61 Å². The Morgan fingerprint density at radius 2 is 1.77 bits per heavy atom. The minimum Gasteiger partial charge on any atom is -0.505 e.